The van der Waals surface area contributed by atoms with Crippen LogP contribution in [0.4, 0.5) is 0 Å². The molecular formula is C4H7N3OS. The molecule has 0 radical (unpaired) electrons. The molecule has 0 aliphatic carbocycles. The Balaban J connectivity index is 2.77. The highest BCUT2D eigenvalue weighted by Crippen LogP contribution is 1.98. The van der Waals surface area contributed by atoms with Crippen LogP contribution in [0.1, 0.15) is 6.92 Å². The Morgan fingerprint density at radius 2 is 2.44 bits per heavy atom. The van der Waals surface area contributed by atoms with E-state index in [1.165, 1.54) is 0 Å². The van der Waals surface area contributed by atoms with Gasteiger partial charge in [-0.1, -0.05) is 0 Å². The van der Waals surface area contributed by atoms with Gasteiger partial charge in [-0.3, -0.25) is 4.79 Å². The van der Waals surface area contributed by atoms with E-state index in [-0.39, 0.29) is 11.9 Å². The maximum atomic E-state index is 10.8. The maximum Gasteiger partial charge on any atom is 0.265 e. The minimum atomic E-state index is -0.262. The van der Waals surface area contributed by atoms with E-state index in [2.05, 4.69) is 17.5 Å². The predicted molar refractivity (Wildman–Crippen MR) is 36.2 cm³/mol. The summed E-state index contributed by atoms with van der Waals surface area (Å²) in [4.78, 5) is 10.8. The lowest BCUT2D eigenvalue weighted by Gasteiger charge is -2.02. The van der Waals surface area contributed by atoms with Crippen LogP contribution in [0.2, 0.25) is 0 Å². The molecule has 1 heterocycles. The monoisotopic (exact) mass is 145 g/mol. The Morgan fingerprint density at radius 1 is 1.89 bits per heavy atom. The fourth-order valence-corrected chi connectivity index (χ4v) is 0.892. The van der Waals surface area contributed by atoms with Crippen molar-refractivity contribution in [3.8, 4) is 0 Å². The van der Waals surface area contributed by atoms with Crippen molar-refractivity contribution in [2.24, 2.45) is 5.84 Å². The van der Waals surface area contributed by atoms with Crippen molar-refractivity contribution in [2.75, 3.05) is 0 Å². The Morgan fingerprint density at radius 3 is 2.56 bits per heavy atom. The van der Waals surface area contributed by atoms with Gasteiger partial charge in [-0.25, -0.2) is 10.9 Å². The third-order valence-corrected chi connectivity index (χ3v) is 1.48. The third-order valence-electron chi connectivity index (χ3n) is 1.17. The third kappa shape index (κ3) is 0.883. The van der Waals surface area contributed by atoms with E-state index in [1.807, 2.05) is 0 Å². The van der Waals surface area contributed by atoms with Crippen LogP contribution in [-0.4, -0.2) is 22.1 Å². The number of hydrogen-bond acceptors (Lipinski definition) is 3. The topological polar surface area (TPSA) is 58.4 Å². The second kappa shape index (κ2) is 1.93. The lowest BCUT2D eigenvalue weighted by Crippen LogP contribution is -2.37. The van der Waals surface area contributed by atoms with Gasteiger partial charge in [0.15, 0.2) is 5.11 Å². The van der Waals surface area contributed by atoms with Gasteiger partial charge in [0.2, 0.25) is 0 Å². The predicted octanol–water partition coefficient (Wildman–Crippen LogP) is -1.03. The van der Waals surface area contributed by atoms with Crippen LogP contribution in [0.15, 0.2) is 0 Å². The van der Waals surface area contributed by atoms with Crippen LogP contribution >= 0.6 is 12.2 Å². The van der Waals surface area contributed by atoms with E-state index < -0.39 is 0 Å². The summed E-state index contributed by atoms with van der Waals surface area (Å²) >= 11 is 4.66. The molecule has 0 saturated carbocycles. The standard InChI is InChI=1S/C4H7N3OS/c1-2-3(8)7(5)4(9)6-2/h2H,5H2,1H3,(H,6,9)/t2-/m0/s1. The van der Waals surface area contributed by atoms with Crippen molar-refractivity contribution in [1.29, 1.82) is 0 Å². The van der Waals surface area contributed by atoms with Crippen molar-refractivity contribution < 1.29 is 4.79 Å². The van der Waals surface area contributed by atoms with Crippen molar-refractivity contribution in [2.45, 2.75) is 13.0 Å². The molecule has 0 bridgehead atoms. The summed E-state index contributed by atoms with van der Waals surface area (Å²) in [5.41, 5.74) is 0. The molecule has 1 aliphatic heterocycles. The molecule has 1 aliphatic rings. The first-order valence-electron chi connectivity index (χ1n) is 2.52. The van der Waals surface area contributed by atoms with E-state index in [4.69, 9.17) is 5.84 Å². The second-order valence-corrected chi connectivity index (χ2v) is 2.27. The first-order chi connectivity index (χ1) is 4.13. The molecule has 1 rings (SSSR count). The summed E-state index contributed by atoms with van der Waals surface area (Å²) in [5, 5.41) is 3.94. The summed E-state index contributed by atoms with van der Waals surface area (Å²) in [6.45, 7) is 1.71. The molecule has 0 aromatic carbocycles. The van der Waals surface area contributed by atoms with Crippen LogP contribution in [0.25, 0.3) is 0 Å². The number of amides is 1. The van der Waals surface area contributed by atoms with Gasteiger partial charge in [-0.2, -0.15) is 0 Å². The molecule has 9 heavy (non-hydrogen) atoms. The zero-order valence-corrected chi connectivity index (χ0v) is 5.73. The summed E-state index contributed by atoms with van der Waals surface area (Å²) in [6.07, 6.45) is 0. The van der Waals surface area contributed by atoms with Gasteiger partial charge in [0.05, 0.1) is 0 Å². The Labute approximate surface area is 58.0 Å². The van der Waals surface area contributed by atoms with E-state index in [0.717, 1.165) is 5.01 Å². The fourth-order valence-electron chi connectivity index (χ4n) is 0.625. The molecule has 3 N–H and O–H groups in total. The first kappa shape index (κ1) is 6.44. The molecule has 0 unspecified atom stereocenters. The van der Waals surface area contributed by atoms with Gasteiger partial charge >= 0.3 is 0 Å². The Hall–Kier alpha value is -0.680. The molecule has 5 heteroatoms. The van der Waals surface area contributed by atoms with E-state index in [0.29, 0.717) is 5.11 Å². The smallest absolute Gasteiger partial charge is 0.265 e. The molecule has 1 atom stereocenters. The number of nitrogens with zero attached hydrogens (tertiary/aromatic N) is 1. The van der Waals surface area contributed by atoms with E-state index >= 15 is 0 Å². The van der Waals surface area contributed by atoms with Crippen LogP contribution < -0.4 is 11.2 Å². The molecule has 4 nitrogen and oxygen atoms in total. The molecule has 1 amide bonds. The average molecular weight is 145 g/mol. The van der Waals surface area contributed by atoms with Gasteiger partial charge < -0.3 is 5.32 Å². The highest BCUT2D eigenvalue weighted by atomic mass is 32.1. The quantitative estimate of drug-likeness (QED) is 0.260. The lowest BCUT2D eigenvalue weighted by molar-refractivity contribution is -0.126. The van der Waals surface area contributed by atoms with Crippen LogP contribution in [0.5, 0.6) is 0 Å². The zero-order valence-electron chi connectivity index (χ0n) is 4.92. The van der Waals surface area contributed by atoms with Crippen molar-refractivity contribution >= 4 is 23.2 Å². The number of carbonyl (C=O) groups is 1. The number of hydrazine groups is 1. The van der Waals surface area contributed by atoms with E-state index in [1.54, 1.807) is 6.92 Å². The normalized spacial score (nSPS) is 26.9. The number of rotatable bonds is 0. The molecular weight excluding hydrogens is 138 g/mol. The van der Waals surface area contributed by atoms with Gasteiger partial charge in [-0.05, 0) is 19.1 Å². The number of nitrogens with one attached hydrogen (secondary N) is 1. The summed E-state index contributed by atoms with van der Waals surface area (Å²) in [6, 6.07) is -0.262. The summed E-state index contributed by atoms with van der Waals surface area (Å²) in [5.74, 6) is 5.01. The Bertz CT molecular complexity index is 169. The minimum Gasteiger partial charge on any atom is -0.350 e. The van der Waals surface area contributed by atoms with Gasteiger partial charge in [0.25, 0.3) is 5.91 Å². The second-order valence-electron chi connectivity index (χ2n) is 1.88. The first-order valence-corrected chi connectivity index (χ1v) is 2.93. The number of nitrogens with two attached hydrogens (primary N) is 1. The zero-order chi connectivity index (χ0) is 7.02. The van der Waals surface area contributed by atoms with Gasteiger partial charge in [0.1, 0.15) is 6.04 Å². The highest BCUT2D eigenvalue weighted by Gasteiger charge is 2.29. The lowest BCUT2D eigenvalue weighted by atomic mass is 10.4. The molecule has 0 spiro atoms. The van der Waals surface area contributed by atoms with Crippen LogP contribution in [0.3, 0.4) is 0 Å². The molecule has 50 valence electrons. The van der Waals surface area contributed by atoms with E-state index in [9.17, 15) is 4.79 Å². The molecule has 1 fully saturated rings. The number of thiocarbonyl (C=S) groups is 1. The largest absolute Gasteiger partial charge is 0.350 e. The SMILES string of the molecule is C[C@@H]1NC(=S)N(N)C1=O. The number of carbonyl (C=O) groups excluding carboxylic acids is 1. The summed E-state index contributed by atoms with van der Waals surface area (Å²) in [7, 11) is 0. The maximum absolute atomic E-state index is 10.8. The van der Waals surface area contributed by atoms with Crippen LogP contribution in [-0.2, 0) is 4.79 Å². The van der Waals surface area contributed by atoms with Crippen molar-refractivity contribution in [3.05, 3.63) is 0 Å². The van der Waals surface area contributed by atoms with Crippen molar-refractivity contribution in [3.63, 3.8) is 0 Å². The van der Waals surface area contributed by atoms with Gasteiger partial charge in [-0.15, -0.1) is 0 Å². The number of hydrogen-bond donors (Lipinski definition) is 2. The minimum absolute atomic E-state index is 0.181. The molecule has 1 saturated heterocycles. The van der Waals surface area contributed by atoms with Crippen LogP contribution in [0, 0.1) is 0 Å². The Kier molecular flexibility index (Phi) is 1.38. The van der Waals surface area contributed by atoms with Crippen molar-refractivity contribution in [1.82, 2.24) is 10.3 Å². The van der Waals surface area contributed by atoms with Gasteiger partial charge in [0, 0.05) is 0 Å². The highest BCUT2D eigenvalue weighted by molar-refractivity contribution is 7.80. The fraction of sp³-hybridized carbons (Fsp3) is 0.500. The molecule has 0 aromatic rings. The molecule has 0 aromatic heterocycles. The average Bonchev–Trinajstić information content (AvgIpc) is 1.98. The summed E-state index contributed by atoms with van der Waals surface area (Å²) < 4.78 is 0.